The molecule has 1 saturated heterocycles. The Balaban J connectivity index is -0.000000128. The van der Waals surface area contributed by atoms with Crippen LogP contribution < -0.4 is 63.4 Å². The van der Waals surface area contributed by atoms with Gasteiger partial charge in [-0.3, -0.25) is 13.7 Å². The summed E-state index contributed by atoms with van der Waals surface area (Å²) in [6.45, 7) is 6.74. The van der Waals surface area contributed by atoms with Crippen molar-refractivity contribution in [1.29, 1.82) is 0 Å². The van der Waals surface area contributed by atoms with Gasteiger partial charge in [-0.1, -0.05) is 27.7 Å². The Morgan fingerprint density at radius 2 is 1.47 bits per heavy atom. The van der Waals surface area contributed by atoms with E-state index in [1.54, 1.807) is 20.8 Å². The van der Waals surface area contributed by atoms with Gasteiger partial charge in [0.2, 0.25) is 0 Å². The molecule has 0 aliphatic carbocycles. The number of halogens is 1. The van der Waals surface area contributed by atoms with Gasteiger partial charge >= 0.3 is 29.6 Å². The maximum Gasteiger partial charge on any atom is 1.00 e. The number of aliphatic hydroxyl groups excluding tert-OH is 4. The Morgan fingerprint density at radius 1 is 1.00 bits per heavy atom. The Morgan fingerprint density at radius 3 is 1.76 bits per heavy atom. The number of hydrogen-bond acceptors (Lipinski definition) is 12. The Hall–Kier alpha value is 1.53. The Kier molecular flexibility index (Phi) is 33.2. The first-order valence-corrected chi connectivity index (χ1v) is 13.2. The molecule has 202 valence electrons. The van der Waals surface area contributed by atoms with E-state index < -0.39 is 44.5 Å². The van der Waals surface area contributed by atoms with Crippen molar-refractivity contribution in [2.75, 3.05) is 13.2 Å². The molecular formula is C18H40INaO12P2. The number of carbonyl (C=O) groups is 2. The third kappa shape index (κ3) is 20.6. The predicted octanol–water partition coefficient (Wildman–Crippen LogP) is -10.9. The normalized spacial score (nSPS) is 26.2. The summed E-state index contributed by atoms with van der Waals surface area (Å²) >= 11 is -5.94. The van der Waals surface area contributed by atoms with E-state index in [9.17, 15) is 19.8 Å². The van der Waals surface area contributed by atoms with Gasteiger partial charge in [-0.15, -0.1) is 0 Å². The molecule has 1 rings (SSSR count). The van der Waals surface area contributed by atoms with E-state index in [0.717, 1.165) is 0 Å². The molecule has 0 amide bonds. The van der Waals surface area contributed by atoms with E-state index in [4.69, 9.17) is 33.4 Å². The van der Waals surface area contributed by atoms with Crippen molar-refractivity contribution in [1.82, 2.24) is 0 Å². The minimum atomic E-state index is -5.94. The molecule has 1 aliphatic heterocycles. The van der Waals surface area contributed by atoms with E-state index in [2.05, 4.69) is 0 Å². The summed E-state index contributed by atoms with van der Waals surface area (Å²) in [5, 5.41) is 37.0. The molecule has 0 aromatic heterocycles. The maximum absolute atomic E-state index is 10.4. The molecule has 1 heterocycles. The molecular weight excluding hydrogens is 620 g/mol. The van der Waals surface area contributed by atoms with E-state index in [-0.39, 0.29) is 86.6 Å². The second-order valence-electron chi connectivity index (χ2n) is 6.96. The molecule has 1 aliphatic rings. The van der Waals surface area contributed by atoms with Crippen LogP contribution in [-0.2, 0) is 19.1 Å². The summed E-state index contributed by atoms with van der Waals surface area (Å²) < 4.78 is 45.1. The Labute approximate surface area is 236 Å². The van der Waals surface area contributed by atoms with Crippen LogP contribution in [0.5, 0.6) is 0 Å². The molecule has 0 aromatic rings. The van der Waals surface area contributed by atoms with Crippen LogP contribution in [0.1, 0.15) is 40.5 Å². The number of carbonyl (C=O) groups excluding carboxylic acids is 2. The molecule has 0 radical (unpaired) electrons. The third-order valence-electron chi connectivity index (χ3n) is 4.67. The number of hydrogen-bond donors (Lipinski definition) is 4. The largest absolute Gasteiger partial charge is 1.00 e. The molecule has 10 unspecified atom stereocenters. The molecule has 10 atom stereocenters. The van der Waals surface area contributed by atoms with Crippen molar-refractivity contribution in [2.24, 2.45) is 11.8 Å². The number of aldehydes is 2. The number of aliphatic hydroxyl groups is 4. The molecule has 0 aromatic carbocycles. The van der Waals surface area contributed by atoms with Crippen molar-refractivity contribution in [3.63, 3.8) is 0 Å². The summed E-state index contributed by atoms with van der Waals surface area (Å²) in [6, 6.07) is 0. The van der Waals surface area contributed by atoms with Crippen LogP contribution in [0.25, 0.3) is 0 Å². The molecule has 0 saturated carbocycles. The number of rotatable bonds is 9. The van der Waals surface area contributed by atoms with Gasteiger partial charge in [0.25, 0.3) is 0 Å². The number of ether oxygens (including phenoxy) is 2. The van der Waals surface area contributed by atoms with E-state index >= 15 is 0 Å². The summed E-state index contributed by atoms with van der Waals surface area (Å²) in [5.74, 6) is -0.609. The van der Waals surface area contributed by atoms with Crippen molar-refractivity contribution in [3.05, 3.63) is 0 Å². The van der Waals surface area contributed by atoms with Crippen molar-refractivity contribution >= 4 is 32.4 Å². The summed E-state index contributed by atoms with van der Waals surface area (Å²) in [6.07, 6.45) is -0.872. The van der Waals surface area contributed by atoms with Crippen LogP contribution in [0, 0.1) is 11.8 Å². The van der Waals surface area contributed by atoms with Crippen LogP contribution in [0.3, 0.4) is 0 Å². The quantitative estimate of drug-likeness (QED) is 0.0783. The van der Waals surface area contributed by atoms with Crippen molar-refractivity contribution in [3.8, 4) is 0 Å². The fourth-order valence-corrected chi connectivity index (χ4v) is 2.60. The van der Waals surface area contributed by atoms with Crippen LogP contribution in [0.2, 0.25) is 0 Å². The fourth-order valence-electron chi connectivity index (χ4n) is 2.60. The van der Waals surface area contributed by atoms with Gasteiger partial charge in [0.1, 0.15) is 44.9 Å². The minimum absolute atomic E-state index is 0. The molecule has 12 nitrogen and oxygen atoms in total. The first-order chi connectivity index (χ1) is 14.3. The van der Waals surface area contributed by atoms with Gasteiger partial charge < -0.3 is 39.5 Å². The third-order valence-corrected chi connectivity index (χ3v) is 4.67. The summed E-state index contributed by atoms with van der Waals surface area (Å²) in [5.41, 5.74) is 0. The standard InChI is InChI=1S/C9H18O4.C9H16O4.IO4.Na.2H3P/c1-3-6-9(12)8(11)5(2)7(4-10)13-6;1-3-8(5-11)13-9(6-12)7(2)4-10;2-1(3,4)5;;;/h5-12H,3-4H2,1-2H3;4-5,7-9,12H,3,6H2,1-2H3;;;2*1H3/q;;-1;+1;;. The zero-order valence-electron chi connectivity index (χ0n) is 20.4. The first-order valence-electron chi connectivity index (χ1n) is 9.72. The summed E-state index contributed by atoms with van der Waals surface area (Å²) in [4.78, 5) is 20.8. The zero-order valence-corrected chi connectivity index (χ0v) is 27.4. The molecule has 4 N–H and O–H groups in total. The first kappa shape index (κ1) is 45.5. The van der Waals surface area contributed by atoms with Crippen LogP contribution in [0.4, 0.5) is 0 Å². The smallest absolute Gasteiger partial charge is 0.394 e. The van der Waals surface area contributed by atoms with Gasteiger partial charge in [-0.2, -0.15) is 19.8 Å². The van der Waals surface area contributed by atoms with Crippen LogP contribution >= 0.6 is 19.8 Å². The van der Waals surface area contributed by atoms with E-state index in [0.29, 0.717) is 25.4 Å². The fraction of sp³-hybridized carbons (Fsp3) is 0.889. The topological polar surface area (TPSA) is 226 Å². The molecule has 0 spiro atoms. The Bertz CT molecular complexity index is 466. The van der Waals surface area contributed by atoms with Crippen LogP contribution in [0.15, 0.2) is 0 Å². The predicted molar refractivity (Wildman–Crippen MR) is 117 cm³/mol. The second-order valence-corrected chi connectivity index (χ2v) is 9.11. The minimum Gasteiger partial charge on any atom is -0.394 e. The second kappa shape index (κ2) is 24.8. The molecule has 1 fully saturated rings. The SMILES string of the molecule is CCC(C=O)OC(CO)C(C)C=O.CCC1OC(CO)C(C)C(O)C1O.P.P.[Na+].[O-][I+3]([O-])([O-])[O-]. The van der Waals surface area contributed by atoms with Gasteiger partial charge in [0.05, 0.1) is 37.6 Å². The van der Waals surface area contributed by atoms with Gasteiger partial charge in [-0.25, -0.2) is 0 Å². The average molecular weight is 660 g/mol. The van der Waals surface area contributed by atoms with Crippen molar-refractivity contribution in [2.45, 2.75) is 77.2 Å². The van der Waals surface area contributed by atoms with Crippen LogP contribution in [-0.4, -0.2) is 82.8 Å². The van der Waals surface area contributed by atoms with E-state index in [1.165, 1.54) is 0 Å². The average Bonchev–Trinajstić information content (AvgIpc) is 2.72. The molecule has 16 heteroatoms. The van der Waals surface area contributed by atoms with Gasteiger partial charge in [0.15, 0.2) is 0 Å². The monoisotopic (exact) mass is 660 g/mol. The zero-order chi connectivity index (χ0) is 24.8. The summed E-state index contributed by atoms with van der Waals surface area (Å²) in [7, 11) is 0. The van der Waals surface area contributed by atoms with Gasteiger partial charge in [-0.05, 0) is 12.8 Å². The van der Waals surface area contributed by atoms with E-state index in [1.807, 2.05) is 6.92 Å². The van der Waals surface area contributed by atoms with Crippen molar-refractivity contribution < 1.29 is 103 Å². The maximum atomic E-state index is 10.4. The molecule has 34 heavy (non-hydrogen) atoms. The molecule has 0 bridgehead atoms. The van der Waals surface area contributed by atoms with Gasteiger partial charge in [0, 0.05) is 11.8 Å².